The highest BCUT2D eigenvalue weighted by Gasteiger charge is 1.94. The van der Waals surface area contributed by atoms with Crippen molar-refractivity contribution < 1.29 is 10.2 Å². The second kappa shape index (κ2) is 41.1. The third-order valence-electron chi connectivity index (χ3n) is 7.68. The van der Waals surface area contributed by atoms with Gasteiger partial charge < -0.3 is 10.2 Å². The molecule has 0 aliphatic rings. The van der Waals surface area contributed by atoms with Crippen molar-refractivity contribution in [2.24, 2.45) is 0 Å². The van der Waals surface area contributed by atoms with E-state index in [1.165, 1.54) is 180 Å². The SMILES string of the molecule is CCCCCCCCC=CCCCCCCCCO.CCCCCCCCCCCCCCCCCCO. The Hall–Kier alpha value is -0.340. The first kappa shape index (κ1) is 39.8. The Kier molecular flexibility index (Phi) is 43.1. The Balaban J connectivity index is 0. The van der Waals surface area contributed by atoms with Crippen molar-refractivity contribution in [1.29, 1.82) is 0 Å². The molecule has 0 saturated carbocycles. The molecule has 2 heteroatoms. The zero-order valence-corrected chi connectivity index (χ0v) is 26.7. The minimum Gasteiger partial charge on any atom is -0.396 e. The predicted molar refractivity (Wildman–Crippen MR) is 173 cm³/mol. The summed E-state index contributed by atoms with van der Waals surface area (Å²) in [6.07, 6.45) is 45.4. The summed E-state index contributed by atoms with van der Waals surface area (Å²) in [7, 11) is 0. The molecular formula is C36H74O2. The van der Waals surface area contributed by atoms with E-state index in [1.807, 2.05) is 0 Å². The van der Waals surface area contributed by atoms with Crippen molar-refractivity contribution in [3.05, 3.63) is 12.2 Å². The molecule has 2 N–H and O–H groups in total. The Labute approximate surface area is 241 Å². The van der Waals surface area contributed by atoms with Crippen LogP contribution in [0.2, 0.25) is 0 Å². The average molecular weight is 539 g/mol. The van der Waals surface area contributed by atoms with Gasteiger partial charge in [-0.25, -0.2) is 0 Å². The van der Waals surface area contributed by atoms with Crippen LogP contribution in [0.5, 0.6) is 0 Å². The molecule has 0 amide bonds. The quantitative estimate of drug-likeness (QED) is 0.0680. The van der Waals surface area contributed by atoms with Gasteiger partial charge in [-0.2, -0.15) is 0 Å². The lowest BCUT2D eigenvalue weighted by molar-refractivity contribution is 0.282. The minimum absolute atomic E-state index is 0.362. The average Bonchev–Trinajstić information content (AvgIpc) is 2.93. The molecule has 2 nitrogen and oxygen atoms in total. The van der Waals surface area contributed by atoms with E-state index >= 15 is 0 Å². The maximum absolute atomic E-state index is 8.67. The van der Waals surface area contributed by atoms with Crippen LogP contribution in [0.1, 0.15) is 206 Å². The molecule has 0 bridgehead atoms. The van der Waals surface area contributed by atoms with Crippen LogP contribution in [0.15, 0.2) is 12.2 Å². The van der Waals surface area contributed by atoms with Crippen LogP contribution in [-0.2, 0) is 0 Å². The van der Waals surface area contributed by atoms with Gasteiger partial charge in [-0.3, -0.25) is 0 Å². The first-order valence-corrected chi connectivity index (χ1v) is 17.7. The summed E-state index contributed by atoms with van der Waals surface area (Å²) in [6.45, 7) is 5.29. The molecule has 0 aromatic heterocycles. The van der Waals surface area contributed by atoms with Crippen LogP contribution in [0, 0.1) is 0 Å². The van der Waals surface area contributed by atoms with Gasteiger partial charge in [0.2, 0.25) is 0 Å². The number of rotatable bonds is 31. The van der Waals surface area contributed by atoms with Crippen LogP contribution < -0.4 is 0 Å². The maximum Gasteiger partial charge on any atom is 0.0431 e. The summed E-state index contributed by atoms with van der Waals surface area (Å²) in [6, 6.07) is 0. The van der Waals surface area contributed by atoms with E-state index in [1.54, 1.807) is 0 Å². The lowest BCUT2D eigenvalue weighted by Crippen LogP contribution is -1.85. The summed E-state index contributed by atoms with van der Waals surface area (Å²) in [4.78, 5) is 0. The maximum atomic E-state index is 8.67. The molecule has 0 aliphatic heterocycles. The highest BCUT2D eigenvalue weighted by Crippen LogP contribution is 2.14. The van der Waals surface area contributed by atoms with Gasteiger partial charge in [0.15, 0.2) is 0 Å². The summed E-state index contributed by atoms with van der Waals surface area (Å²) < 4.78 is 0. The predicted octanol–water partition coefficient (Wildman–Crippen LogP) is 12.3. The first-order chi connectivity index (χ1) is 18.8. The van der Waals surface area contributed by atoms with Crippen LogP contribution in [0.3, 0.4) is 0 Å². The molecular weight excluding hydrogens is 464 g/mol. The van der Waals surface area contributed by atoms with Gasteiger partial charge in [-0.05, 0) is 38.5 Å². The molecule has 0 aromatic carbocycles. The third-order valence-corrected chi connectivity index (χ3v) is 7.68. The van der Waals surface area contributed by atoms with Crippen molar-refractivity contribution in [2.45, 2.75) is 206 Å². The lowest BCUT2D eigenvalue weighted by atomic mass is 10.0. The normalized spacial score (nSPS) is 11.3. The summed E-state index contributed by atoms with van der Waals surface area (Å²) in [5, 5.41) is 17.3. The fourth-order valence-corrected chi connectivity index (χ4v) is 5.02. The molecule has 0 heterocycles. The molecule has 0 spiro atoms. The molecule has 0 fully saturated rings. The summed E-state index contributed by atoms with van der Waals surface area (Å²) >= 11 is 0. The van der Waals surface area contributed by atoms with Gasteiger partial charge in [0.05, 0.1) is 0 Å². The van der Waals surface area contributed by atoms with Gasteiger partial charge in [0.25, 0.3) is 0 Å². The number of aliphatic hydroxyl groups excluding tert-OH is 2. The van der Waals surface area contributed by atoms with E-state index in [0.717, 1.165) is 12.8 Å². The van der Waals surface area contributed by atoms with Crippen molar-refractivity contribution in [1.82, 2.24) is 0 Å². The smallest absolute Gasteiger partial charge is 0.0431 e. The molecule has 0 saturated heterocycles. The monoisotopic (exact) mass is 539 g/mol. The zero-order valence-electron chi connectivity index (χ0n) is 26.7. The Morgan fingerprint density at radius 3 is 0.737 bits per heavy atom. The standard InChI is InChI=1S/C18H38O.C18H36O/c2*1-2-3-4-5-6-7-8-9-10-11-12-13-14-15-16-17-18-19/h19H,2-18H2,1H3;9-10,19H,2-8,11-18H2,1H3. The van der Waals surface area contributed by atoms with E-state index in [-0.39, 0.29) is 0 Å². The zero-order chi connectivity index (χ0) is 28.0. The van der Waals surface area contributed by atoms with E-state index in [2.05, 4.69) is 26.0 Å². The topological polar surface area (TPSA) is 40.5 Å². The fraction of sp³-hybridized carbons (Fsp3) is 0.944. The van der Waals surface area contributed by atoms with E-state index in [0.29, 0.717) is 13.2 Å². The molecule has 0 aliphatic carbocycles. The van der Waals surface area contributed by atoms with Crippen LogP contribution in [0.4, 0.5) is 0 Å². The Morgan fingerprint density at radius 1 is 0.289 bits per heavy atom. The molecule has 0 unspecified atom stereocenters. The van der Waals surface area contributed by atoms with Gasteiger partial charge in [-0.1, -0.05) is 180 Å². The number of allylic oxidation sites excluding steroid dienone is 2. The van der Waals surface area contributed by atoms with Gasteiger partial charge in [0, 0.05) is 13.2 Å². The first-order valence-electron chi connectivity index (χ1n) is 17.7. The van der Waals surface area contributed by atoms with Crippen molar-refractivity contribution in [3.63, 3.8) is 0 Å². The second-order valence-corrected chi connectivity index (χ2v) is 11.7. The van der Waals surface area contributed by atoms with Crippen LogP contribution >= 0.6 is 0 Å². The third kappa shape index (κ3) is 42.7. The van der Waals surface area contributed by atoms with Gasteiger partial charge >= 0.3 is 0 Å². The van der Waals surface area contributed by atoms with Crippen molar-refractivity contribution >= 4 is 0 Å². The number of unbranched alkanes of at least 4 members (excludes halogenated alkanes) is 27. The molecule has 230 valence electrons. The minimum atomic E-state index is 0.362. The van der Waals surface area contributed by atoms with Crippen LogP contribution in [-0.4, -0.2) is 23.4 Å². The largest absolute Gasteiger partial charge is 0.396 e. The van der Waals surface area contributed by atoms with E-state index in [9.17, 15) is 0 Å². The molecule has 0 rings (SSSR count). The summed E-state index contributed by atoms with van der Waals surface area (Å²) in [5.41, 5.74) is 0. The summed E-state index contributed by atoms with van der Waals surface area (Å²) in [5.74, 6) is 0. The lowest BCUT2D eigenvalue weighted by Gasteiger charge is -2.03. The van der Waals surface area contributed by atoms with Crippen molar-refractivity contribution in [3.8, 4) is 0 Å². The number of aliphatic hydroxyl groups is 2. The second-order valence-electron chi connectivity index (χ2n) is 11.7. The highest BCUT2D eigenvalue weighted by molar-refractivity contribution is 4.81. The van der Waals surface area contributed by atoms with E-state index < -0.39 is 0 Å². The molecule has 0 aromatic rings. The molecule has 0 radical (unpaired) electrons. The van der Waals surface area contributed by atoms with E-state index in [4.69, 9.17) is 10.2 Å². The Morgan fingerprint density at radius 2 is 0.500 bits per heavy atom. The van der Waals surface area contributed by atoms with Gasteiger partial charge in [-0.15, -0.1) is 0 Å². The number of hydrogen-bond acceptors (Lipinski definition) is 2. The van der Waals surface area contributed by atoms with Gasteiger partial charge in [0.1, 0.15) is 0 Å². The van der Waals surface area contributed by atoms with Crippen LogP contribution in [0.25, 0.3) is 0 Å². The Bertz CT molecular complexity index is 377. The highest BCUT2D eigenvalue weighted by atomic mass is 16.3. The molecule has 38 heavy (non-hydrogen) atoms. The fourth-order valence-electron chi connectivity index (χ4n) is 5.02. The molecule has 0 atom stereocenters. The number of hydrogen-bond donors (Lipinski definition) is 2. The van der Waals surface area contributed by atoms with Crippen molar-refractivity contribution in [2.75, 3.05) is 13.2 Å².